The average molecular weight is 313 g/mol. The van der Waals surface area contributed by atoms with Gasteiger partial charge in [-0.15, -0.1) is 12.3 Å². The summed E-state index contributed by atoms with van der Waals surface area (Å²) >= 11 is 2.36. The minimum atomic E-state index is 0.294. The normalized spacial score (nSPS) is 12.1. The predicted octanol–water partition coefficient (Wildman–Crippen LogP) is 3.36. The summed E-state index contributed by atoms with van der Waals surface area (Å²) in [5, 5.41) is 3.48. The van der Waals surface area contributed by atoms with Crippen molar-refractivity contribution in [2.24, 2.45) is 0 Å². The molecule has 0 saturated carbocycles. The lowest BCUT2D eigenvalue weighted by atomic mass is 10.0. The Balaban J connectivity index is 2.79. The van der Waals surface area contributed by atoms with Crippen molar-refractivity contribution >= 4 is 22.6 Å². The van der Waals surface area contributed by atoms with Crippen LogP contribution in [0.2, 0.25) is 0 Å². The van der Waals surface area contributed by atoms with Crippen molar-refractivity contribution in [2.75, 3.05) is 6.54 Å². The van der Waals surface area contributed by atoms with E-state index in [4.69, 9.17) is 6.42 Å². The van der Waals surface area contributed by atoms with E-state index in [1.54, 1.807) is 0 Å². The fourth-order valence-corrected chi connectivity index (χ4v) is 2.25. The van der Waals surface area contributed by atoms with Crippen LogP contribution in [0.15, 0.2) is 24.3 Å². The number of hydrogen-bond acceptors (Lipinski definition) is 1. The molecular formula is C13H16IN. The van der Waals surface area contributed by atoms with E-state index in [-0.39, 0.29) is 0 Å². The molecule has 1 atom stereocenters. The molecule has 0 aliphatic carbocycles. The largest absolute Gasteiger partial charge is 0.309 e. The molecule has 0 heterocycles. The van der Waals surface area contributed by atoms with Gasteiger partial charge in [-0.05, 0) is 47.2 Å². The molecule has 0 spiro atoms. The lowest BCUT2D eigenvalue weighted by Gasteiger charge is -2.17. The molecule has 0 fully saturated rings. The van der Waals surface area contributed by atoms with E-state index < -0.39 is 0 Å². The van der Waals surface area contributed by atoms with Gasteiger partial charge in [0, 0.05) is 16.0 Å². The molecule has 80 valence electrons. The van der Waals surface area contributed by atoms with Gasteiger partial charge in [0.05, 0.1) is 0 Å². The molecule has 0 aliphatic rings. The highest BCUT2D eigenvalue weighted by atomic mass is 127. The zero-order chi connectivity index (χ0) is 11.1. The standard InChI is InChI=1S/C13H16IN/c1-3-7-13(15-10-4-2)11-8-5-6-9-12(11)14/h1,5-6,8-9,13,15H,4,7,10H2,2H3. The fraction of sp³-hybridized carbons (Fsp3) is 0.385. The van der Waals surface area contributed by atoms with Crippen molar-refractivity contribution in [2.45, 2.75) is 25.8 Å². The van der Waals surface area contributed by atoms with Crippen molar-refractivity contribution in [1.82, 2.24) is 5.32 Å². The molecule has 0 bridgehead atoms. The van der Waals surface area contributed by atoms with Gasteiger partial charge in [-0.2, -0.15) is 0 Å². The topological polar surface area (TPSA) is 12.0 Å². The van der Waals surface area contributed by atoms with E-state index in [1.807, 2.05) is 0 Å². The van der Waals surface area contributed by atoms with Crippen molar-refractivity contribution < 1.29 is 0 Å². The Morgan fingerprint density at radius 3 is 2.80 bits per heavy atom. The van der Waals surface area contributed by atoms with Crippen LogP contribution in [0, 0.1) is 15.9 Å². The number of terminal acetylenes is 1. The first-order valence-corrected chi connectivity index (χ1v) is 6.28. The molecule has 1 unspecified atom stereocenters. The first-order chi connectivity index (χ1) is 7.29. The molecule has 15 heavy (non-hydrogen) atoms. The molecule has 0 radical (unpaired) electrons. The zero-order valence-electron chi connectivity index (χ0n) is 8.96. The van der Waals surface area contributed by atoms with Gasteiger partial charge >= 0.3 is 0 Å². The summed E-state index contributed by atoms with van der Waals surface area (Å²) in [6.07, 6.45) is 7.28. The van der Waals surface area contributed by atoms with Crippen LogP contribution in [0.25, 0.3) is 0 Å². The Labute approximate surface area is 106 Å². The number of halogens is 1. The Morgan fingerprint density at radius 1 is 1.47 bits per heavy atom. The van der Waals surface area contributed by atoms with Crippen molar-refractivity contribution in [3.05, 3.63) is 33.4 Å². The lowest BCUT2D eigenvalue weighted by molar-refractivity contribution is 0.541. The summed E-state index contributed by atoms with van der Waals surface area (Å²) in [5.74, 6) is 2.74. The highest BCUT2D eigenvalue weighted by Crippen LogP contribution is 2.22. The van der Waals surface area contributed by atoms with Crippen molar-refractivity contribution in [3.8, 4) is 12.3 Å². The van der Waals surface area contributed by atoms with Gasteiger partial charge in [0.2, 0.25) is 0 Å². The number of rotatable bonds is 5. The van der Waals surface area contributed by atoms with Crippen LogP contribution in [0.4, 0.5) is 0 Å². The van der Waals surface area contributed by atoms with Gasteiger partial charge in [0.25, 0.3) is 0 Å². The van der Waals surface area contributed by atoms with E-state index in [2.05, 4.69) is 65.0 Å². The van der Waals surface area contributed by atoms with E-state index in [9.17, 15) is 0 Å². The molecule has 1 aromatic rings. The van der Waals surface area contributed by atoms with Crippen molar-refractivity contribution in [1.29, 1.82) is 0 Å². The monoisotopic (exact) mass is 313 g/mol. The van der Waals surface area contributed by atoms with Gasteiger partial charge in [-0.3, -0.25) is 0 Å². The lowest BCUT2D eigenvalue weighted by Crippen LogP contribution is -2.22. The summed E-state index contributed by atoms with van der Waals surface area (Å²) in [5.41, 5.74) is 1.31. The third-order valence-corrected chi connectivity index (χ3v) is 3.23. The first kappa shape index (κ1) is 12.5. The number of hydrogen-bond donors (Lipinski definition) is 1. The van der Waals surface area contributed by atoms with E-state index in [0.29, 0.717) is 6.04 Å². The molecule has 1 N–H and O–H groups in total. The summed E-state index contributed by atoms with van der Waals surface area (Å²) < 4.78 is 1.28. The van der Waals surface area contributed by atoms with Crippen molar-refractivity contribution in [3.63, 3.8) is 0 Å². The minimum Gasteiger partial charge on any atom is -0.309 e. The summed E-state index contributed by atoms with van der Waals surface area (Å²) in [4.78, 5) is 0. The van der Waals surface area contributed by atoms with Crippen LogP contribution >= 0.6 is 22.6 Å². The van der Waals surface area contributed by atoms with Crippen LogP contribution in [0.1, 0.15) is 31.4 Å². The molecule has 0 saturated heterocycles. The third-order valence-electron chi connectivity index (χ3n) is 2.24. The maximum absolute atomic E-state index is 5.40. The number of nitrogens with one attached hydrogen (secondary N) is 1. The summed E-state index contributed by atoms with van der Waals surface area (Å²) in [6.45, 7) is 3.17. The Morgan fingerprint density at radius 2 is 2.20 bits per heavy atom. The smallest absolute Gasteiger partial charge is 0.0441 e. The van der Waals surface area contributed by atoms with E-state index in [1.165, 1.54) is 9.13 Å². The SMILES string of the molecule is C#CCC(NCCC)c1ccccc1I. The minimum absolute atomic E-state index is 0.294. The Kier molecular flexibility index (Phi) is 5.74. The maximum Gasteiger partial charge on any atom is 0.0441 e. The fourth-order valence-electron chi connectivity index (χ4n) is 1.49. The quantitative estimate of drug-likeness (QED) is 0.649. The molecule has 1 nitrogen and oxygen atoms in total. The van der Waals surface area contributed by atoms with E-state index in [0.717, 1.165) is 19.4 Å². The van der Waals surface area contributed by atoms with Gasteiger partial charge in [0.1, 0.15) is 0 Å². The second-order valence-electron chi connectivity index (χ2n) is 3.44. The predicted molar refractivity (Wildman–Crippen MR) is 73.6 cm³/mol. The molecule has 1 rings (SSSR count). The zero-order valence-corrected chi connectivity index (χ0v) is 11.1. The van der Waals surface area contributed by atoms with Gasteiger partial charge in [-0.25, -0.2) is 0 Å². The summed E-state index contributed by atoms with van der Waals surface area (Å²) in [7, 11) is 0. The molecule has 2 heteroatoms. The maximum atomic E-state index is 5.40. The molecular weight excluding hydrogens is 297 g/mol. The van der Waals surface area contributed by atoms with Crippen LogP contribution in [0.5, 0.6) is 0 Å². The first-order valence-electron chi connectivity index (χ1n) is 5.20. The highest BCUT2D eigenvalue weighted by molar-refractivity contribution is 14.1. The average Bonchev–Trinajstić information content (AvgIpc) is 2.25. The third kappa shape index (κ3) is 3.84. The Bertz CT molecular complexity index is 341. The number of benzene rings is 1. The highest BCUT2D eigenvalue weighted by Gasteiger charge is 2.11. The van der Waals surface area contributed by atoms with Gasteiger partial charge < -0.3 is 5.32 Å². The molecule has 0 amide bonds. The van der Waals surface area contributed by atoms with E-state index >= 15 is 0 Å². The Hall–Kier alpha value is -0.530. The van der Waals surface area contributed by atoms with Gasteiger partial charge in [-0.1, -0.05) is 25.1 Å². The van der Waals surface area contributed by atoms with Gasteiger partial charge in [0.15, 0.2) is 0 Å². The van der Waals surface area contributed by atoms with Crippen LogP contribution in [-0.4, -0.2) is 6.54 Å². The molecule has 0 aromatic heterocycles. The second-order valence-corrected chi connectivity index (χ2v) is 4.60. The molecule has 0 aliphatic heterocycles. The van der Waals surface area contributed by atoms with Crippen LogP contribution in [0.3, 0.4) is 0 Å². The van der Waals surface area contributed by atoms with Crippen LogP contribution < -0.4 is 5.32 Å². The van der Waals surface area contributed by atoms with Crippen LogP contribution in [-0.2, 0) is 0 Å². The second kappa shape index (κ2) is 6.86. The molecule has 1 aromatic carbocycles. The summed E-state index contributed by atoms with van der Waals surface area (Å²) in [6, 6.07) is 8.68.